The molecule has 1 N–H and O–H groups in total. The molecule has 0 spiro atoms. The molecule has 1 unspecified atom stereocenters. The van der Waals surface area contributed by atoms with Crippen molar-refractivity contribution in [2.75, 3.05) is 6.61 Å². The number of ether oxygens (including phenoxy) is 1. The van der Waals surface area contributed by atoms with Gasteiger partial charge in [0, 0.05) is 0 Å². The summed E-state index contributed by atoms with van der Waals surface area (Å²) in [7, 11) is 0. The lowest BCUT2D eigenvalue weighted by molar-refractivity contribution is 0.177. The summed E-state index contributed by atoms with van der Waals surface area (Å²) in [6, 6.07) is 0.0664. The van der Waals surface area contributed by atoms with Crippen LogP contribution in [0, 0.1) is 0 Å². The van der Waals surface area contributed by atoms with E-state index in [4.69, 9.17) is 4.74 Å². The van der Waals surface area contributed by atoms with Crippen LogP contribution in [0.3, 0.4) is 0 Å². The fraction of sp³-hybridized carbons (Fsp3) is 0.300. The SMILES string of the molecule is C=C/C=C(\C=C)CC1COC(=O)N1. The Morgan fingerprint density at radius 2 is 2.46 bits per heavy atom. The number of rotatable bonds is 4. The first-order valence-corrected chi connectivity index (χ1v) is 4.13. The second-order valence-electron chi connectivity index (χ2n) is 2.83. The summed E-state index contributed by atoms with van der Waals surface area (Å²) in [6.45, 7) is 7.70. The molecule has 1 amide bonds. The van der Waals surface area contributed by atoms with E-state index < -0.39 is 0 Å². The molecule has 1 fully saturated rings. The van der Waals surface area contributed by atoms with Crippen molar-refractivity contribution in [2.24, 2.45) is 0 Å². The molecule has 3 nitrogen and oxygen atoms in total. The Kier molecular flexibility index (Phi) is 3.31. The van der Waals surface area contributed by atoms with Crippen molar-refractivity contribution in [1.82, 2.24) is 5.32 Å². The summed E-state index contributed by atoms with van der Waals surface area (Å²) >= 11 is 0. The smallest absolute Gasteiger partial charge is 0.407 e. The van der Waals surface area contributed by atoms with E-state index in [9.17, 15) is 4.79 Å². The monoisotopic (exact) mass is 179 g/mol. The Morgan fingerprint density at radius 1 is 1.69 bits per heavy atom. The number of carbonyl (C=O) groups is 1. The van der Waals surface area contributed by atoms with E-state index in [0.29, 0.717) is 6.61 Å². The van der Waals surface area contributed by atoms with Gasteiger partial charge in [0.25, 0.3) is 0 Å². The molecule has 1 aliphatic rings. The molecule has 70 valence electrons. The van der Waals surface area contributed by atoms with Crippen molar-refractivity contribution in [3.05, 3.63) is 37.0 Å². The van der Waals surface area contributed by atoms with Gasteiger partial charge < -0.3 is 10.1 Å². The van der Waals surface area contributed by atoms with Crippen LogP contribution in [0.4, 0.5) is 4.79 Å². The first-order valence-electron chi connectivity index (χ1n) is 4.13. The van der Waals surface area contributed by atoms with Gasteiger partial charge in [-0.25, -0.2) is 4.79 Å². The number of hydrogen-bond acceptors (Lipinski definition) is 2. The van der Waals surface area contributed by atoms with E-state index in [1.807, 2.05) is 6.08 Å². The summed E-state index contributed by atoms with van der Waals surface area (Å²) in [4.78, 5) is 10.7. The molecule has 1 heterocycles. The molecule has 0 radical (unpaired) electrons. The molecule has 0 aliphatic carbocycles. The van der Waals surface area contributed by atoms with E-state index >= 15 is 0 Å². The van der Waals surface area contributed by atoms with Crippen LogP contribution in [0.2, 0.25) is 0 Å². The maximum atomic E-state index is 10.7. The van der Waals surface area contributed by atoms with E-state index in [-0.39, 0.29) is 12.1 Å². The first kappa shape index (κ1) is 9.58. The molecule has 1 atom stereocenters. The fourth-order valence-corrected chi connectivity index (χ4v) is 1.19. The average Bonchev–Trinajstić information content (AvgIpc) is 2.50. The molecule has 0 aromatic rings. The summed E-state index contributed by atoms with van der Waals surface area (Å²) in [5, 5.41) is 2.69. The van der Waals surface area contributed by atoms with Gasteiger partial charge in [-0.3, -0.25) is 0 Å². The fourth-order valence-electron chi connectivity index (χ4n) is 1.19. The highest BCUT2D eigenvalue weighted by molar-refractivity contribution is 5.69. The first-order chi connectivity index (χ1) is 6.26. The molecule has 1 saturated heterocycles. The quantitative estimate of drug-likeness (QED) is 0.668. The topological polar surface area (TPSA) is 38.3 Å². The Morgan fingerprint density at radius 3 is 2.92 bits per heavy atom. The normalized spacial score (nSPS) is 22.0. The zero-order chi connectivity index (χ0) is 9.68. The number of nitrogens with one attached hydrogen (secondary N) is 1. The number of amides is 1. The predicted octanol–water partition coefficient (Wildman–Crippen LogP) is 1.78. The highest BCUT2D eigenvalue weighted by atomic mass is 16.6. The van der Waals surface area contributed by atoms with Crippen molar-refractivity contribution in [3.8, 4) is 0 Å². The van der Waals surface area contributed by atoms with Gasteiger partial charge in [-0.05, 0) is 12.0 Å². The lowest BCUT2D eigenvalue weighted by Gasteiger charge is -2.06. The molecule has 0 bridgehead atoms. The minimum atomic E-state index is -0.341. The number of cyclic esters (lactones) is 1. The van der Waals surface area contributed by atoms with E-state index in [1.165, 1.54) is 0 Å². The third kappa shape index (κ3) is 2.78. The zero-order valence-electron chi connectivity index (χ0n) is 7.45. The summed E-state index contributed by atoms with van der Waals surface area (Å²) in [5.41, 5.74) is 1.05. The standard InChI is InChI=1S/C10H13NO2/c1-3-5-8(4-2)6-9-7-13-10(12)11-9/h3-5,9H,1-2,6-7H2,(H,11,12)/b8-5+. The lowest BCUT2D eigenvalue weighted by atomic mass is 10.1. The predicted molar refractivity (Wildman–Crippen MR) is 51.4 cm³/mol. The van der Waals surface area contributed by atoms with Crippen LogP contribution in [0.1, 0.15) is 6.42 Å². The summed E-state index contributed by atoms with van der Waals surface area (Å²) in [5.74, 6) is 0. The lowest BCUT2D eigenvalue weighted by Crippen LogP contribution is -2.26. The molecule has 1 aliphatic heterocycles. The van der Waals surface area contributed by atoms with Crippen LogP contribution >= 0.6 is 0 Å². The van der Waals surface area contributed by atoms with Crippen molar-refractivity contribution >= 4 is 6.09 Å². The van der Waals surface area contributed by atoms with E-state index in [0.717, 1.165) is 12.0 Å². The maximum Gasteiger partial charge on any atom is 0.407 e. The van der Waals surface area contributed by atoms with Crippen LogP contribution in [0.15, 0.2) is 37.0 Å². The van der Waals surface area contributed by atoms with Gasteiger partial charge >= 0.3 is 6.09 Å². The maximum absolute atomic E-state index is 10.7. The van der Waals surface area contributed by atoms with Gasteiger partial charge in [0.1, 0.15) is 6.61 Å². The van der Waals surface area contributed by atoms with Crippen LogP contribution < -0.4 is 5.32 Å². The third-order valence-corrected chi connectivity index (χ3v) is 1.81. The van der Waals surface area contributed by atoms with Crippen molar-refractivity contribution in [3.63, 3.8) is 0 Å². The molecule has 0 aromatic heterocycles. The third-order valence-electron chi connectivity index (χ3n) is 1.81. The van der Waals surface area contributed by atoms with Crippen molar-refractivity contribution in [2.45, 2.75) is 12.5 Å². The minimum absolute atomic E-state index is 0.0664. The van der Waals surface area contributed by atoms with Gasteiger partial charge in [-0.1, -0.05) is 31.4 Å². The van der Waals surface area contributed by atoms with Gasteiger partial charge in [-0.2, -0.15) is 0 Å². The molecule has 3 heteroatoms. The van der Waals surface area contributed by atoms with Gasteiger partial charge in [0.05, 0.1) is 6.04 Å². The molecule has 0 saturated carbocycles. The molecular formula is C10H13NO2. The minimum Gasteiger partial charge on any atom is -0.447 e. The van der Waals surface area contributed by atoms with Crippen molar-refractivity contribution in [1.29, 1.82) is 0 Å². The summed E-state index contributed by atoms with van der Waals surface area (Å²) < 4.78 is 4.75. The van der Waals surface area contributed by atoms with E-state index in [1.54, 1.807) is 12.2 Å². The summed E-state index contributed by atoms with van der Waals surface area (Å²) in [6.07, 6.45) is 5.73. The Bertz CT molecular complexity index is 256. The molecular weight excluding hydrogens is 166 g/mol. The Hall–Kier alpha value is -1.51. The van der Waals surface area contributed by atoms with E-state index in [2.05, 4.69) is 18.5 Å². The van der Waals surface area contributed by atoms with Crippen LogP contribution in [-0.4, -0.2) is 18.7 Å². The van der Waals surface area contributed by atoms with Crippen LogP contribution in [0.5, 0.6) is 0 Å². The second kappa shape index (κ2) is 4.50. The Labute approximate surface area is 77.8 Å². The highest BCUT2D eigenvalue weighted by Gasteiger charge is 2.21. The highest BCUT2D eigenvalue weighted by Crippen LogP contribution is 2.10. The zero-order valence-corrected chi connectivity index (χ0v) is 7.45. The molecule has 13 heavy (non-hydrogen) atoms. The van der Waals surface area contributed by atoms with Crippen LogP contribution in [-0.2, 0) is 4.74 Å². The number of carbonyl (C=O) groups excluding carboxylic acids is 1. The largest absolute Gasteiger partial charge is 0.447 e. The Balaban J connectivity index is 2.47. The molecule has 1 rings (SSSR count). The van der Waals surface area contributed by atoms with Crippen LogP contribution in [0.25, 0.3) is 0 Å². The second-order valence-corrected chi connectivity index (χ2v) is 2.83. The number of hydrogen-bond donors (Lipinski definition) is 1. The average molecular weight is 179 g/mol. The van der Waals surface area contributed by atoms with Gasteiger partial charge in [0.15, 0.2) is 0 Å². The number of alkyl carbamates (subject to hydrolysis) is 1. The number of allylic oxidation sites excluding steroid dienone is 3. The van der Waals surface area contributed by atoms with Gasteiger partial charge in [-0.15, -0.1) is 0 Å². The van der Waals surface area contributed by atoms with Gasteiger partial charge in [0.2, 0.25) is 0 Å². The van der Waals surface area contributed by atoms with Crippen molar-refractivity contribution < 1.29 is 9.53 Å². The molecule has 0 aromatic carbocycles.